The average molecular weight is 179 g/mol. The van der Waals surface area contributed by atoms with Crippen molar-refractivity contribution in [3.63, 3.8) is 0 Å². The highest BCUT2D eigenvalue weighted by Gasteiger charge is 1.97. The van der Waals surface area contributed by atoms with Crippen molar-refractivity contribution in [3.05, 3.63) is 29.3 Å². The van der Waals surface area contributed by atoms with Gasteiger partial charge in [-0.3, -0.25) is 0 Å². The highest BCUT2D eigenvalue weighted by Crippen LogP contribution is 2.18. The van der Waals surface area contributed by atoms with Crippen LogP contribution in [-0.2, 0) is 0 Å². The molecule has 0 unspecified atom stereocenters. The van der Waals surface area contributed by atoms with Gasteiger partial charge in [0.15, 0.2) is 0 Å². The van der Waals surface area contributed by atoms with Crippen molar-refractivity contribution < 1.29 is 4.74 Å². The third-order valence-electron chi connectivity index (χ3n) is 1.94. The molecule has 0 heterocycles. The van der Waals surface area contributed by atoms with Gasteiger partial charge in [-0.2, -0.15) is 0 Å². The van der Waals surface area contributed by atoms with Crippen LogP contribution in [0.4, 0.5) is 0 Å². The minimum atomic E-state index is 0.723. The Labute approximate surface area is 79.9 Å². The normalized spacial score (nSPS) is 10.1. The van der Waals surface area contributed by atoms with Crippen LogP contribution in [0.5, 0.6) is 5.75 Å². The van der Waals surface area contributed by atoms with Crippen LogP contribution in [0.25, 0.3) is 0 Å². The summed E-state index contributed by atoms with van der Waals surface area (Å²) in [7, 11) is 1.92. The maximum atomic E-state index is 5.57. The van der Waals surface area contributed by atoms with Gasteiger partial charge in [-0.15, -0.1) is 0 Å². The molecule has 0 radical (unpaired) electrons. The lowest BCUT2D eigenvalue weighted by Gasteiger charge is -2.08. The van der Waals surface area contributed by atoms with Gasteiger partial charge in [-0.1, -0.05) is 17.7 Å². The lowest BCUT2D eigenvalue weighted by molar-refractivity contribution is 0.316. The van der Waals surface area contributed by atoms with Crippen LogP contribution in [0.1, 0.15) is 11.1 Å². The first-order valence-corrected chi connectivity index (χ1v) is 4.58. The molecule has 72 valence electrons. The molecule has 0 saturated carbocycles. The van der Waals surface area contributed by atoms with Gasteiger partial charge in [0.05, 0.1) is 0 Å². The van der Waals surface area contributed by atoms with E-state index >= 15 is 0 Å². The van der Waals surface area contributed by atoms with Gasteiger partial charge < -0.3 is 10.1 Å². The molecule has 0 saturated heterocycles. The minimum Gasteiger partial charge on any atom is -0.492 e. The first kappa shape index (κ1) is 10.1. The predicted octanol–water partition coefficient (Wildman–Crippen LogP) is 1.90. The summed E-state index contributed by atoms with van der Waals surface area (Å²) in [6, 6.07) is 6.23. The van der Waals surface area contributed by atoms with Crippen LogP contribution < -0.4 is 10.1 Å². The van der Waals surface area contributed by atoms with E-state index in [-0.39, 0.29) is 0 Å². The summed E-state index contributed by atoms with van der Waals surface area (Å²) in [5, 5.41) is 3.04. The van der Waals surface area contributed by atoms with Crippen LogP contribution in [0, 0.1) is 13.8 Å². The quantitative estimate of drug-likeness (QED) is 0.713. The Morgan fingerprint density at radius 2 is 2.08 bits per heavy atom. The van der Waals surface area contributed by atoms with Crippen molar-refractivity contribution in [1.82, 2.24) is 5.32 Å². The Hall–Kier alpha value is -1.02. The zero-order valence-corrected chi connectivity index (χ0v) is 8.55. The van der Waals surface area contributed by atoms with Gasteiger partial charge in [0.2, 0.25) is 0 Å². The zero-order valence-electron chi connectivity index (χ0n) is 8.55. The van der Waals surface area contributed by atoms with Crippen molar-refractivity contribution in [1.29, 1.82) is 0 Å². The summed E-state index contributed by atoms with van der Waals surface area (Å²) in [6.07, 6.45) is 0. The number of likely N-dealkylation sites (N-methyl/N-ethyl adjacent to an activating group) is 1. The first-order chi connectivity index (χ1) is 6.24. The highest BCUT2D eigenvalue weighted by molar-refractivity contribution is 5.35. The lowest BCUT2D eigenvalue weighted by Crippen LogP contribution is -2.16. The van der Waals surface area contributed by atoms with Crippen molar-refractivity contribution in [2.75, 3.05) is 20.2 Å². The van der Waals surface area contributed by atoms with E-state index in [1.54, 1.807) is 0 Å². The molecule has 0 fully saturated rings. The molecular weight excluding hydrogens is 162 g/mol. The Morgan fingerprint density at radius 1 is 1.31 bits per heavy atom. The number of rotatable bonds is 4. The molecule has 0 aliphatic rings. The predicted molar refractivity (Wildman–Crippen MR) is 55.3 cm³/mol. The van der Waals surface area contributed by atoms with Gasteiger partial charge in [-0.05, 0) is 32.5 Å². The molecule has 1 rings (SSSR count). The van der Waals surface area contributed by atoms with E-state index in [0.717, 1.165) is 18.9 Å². The fourth-order valence-electron chi connectivity index (χ4n) is 1.22. The van der Waals surface area contributed by atoms with Gasteiger partial charge in [0.25, 0.3) is 0 Å². The van der Waals surface area contributed by atoms with Crippen LogP contribution in [0.2, 0.25) is 0 Å². The summed E-state index contributed by atoms with van der Waals surface area (Å²) in [6.45, 7) is 5.76. The maximum absolute atomic E-state index is 5.57. The minimum absolute atomic E-state index is 0.723. The van der Waals surface area contributed by atoms with Gasteiger partial charge in [-0.25, -0.2) is 0 Å². The Kier molecular flexibility index (Phi) is 3.77. The summed E-state index contributed by atoms with van der Waals surface area (Å²) in [4.78, 5) is 0. The molecule has 0 atom stereocenters. The van der Waals surface area contributed by atoms with Crippen LogP contribution in [0.3, 0.4) is 0 Å². The lowest BCUT2D eigenvalue weighted by atomic mass is 10.1. The molecule has 2 heteroatoms. The summed E-state index contributed by atoms with van der Waals surface area (Å²) in [5.41, 5.74) is 2.48. The molecule has 0 spiro atoms. The summed E-state index contributed by atoms with van der Waals surface area (Å²) >= 11 is 0. The maximum Gasteiger partial charge on any atom is 0.122 e. The van der Waals surface area contributed by atoms with Crippen LogP contribution >= 0.6 is 0 Å². The SMILES string of the molecule is CNCCOc1ccc(C)cc1C. The largest absolute Gasteiger partial charge is 0.492 e. The molecule has 0 aliphatic heterocycles. The Morgan fingerprint density at radius 3 is 2.69 bits per heavy atom. The van der Waals surface area contributed by atoms with Crippen molar-refractivity contribution >= 4 is 0 Å². The van der Waals surface area contributed by atoms with E-state index in [1.807, 2.05) is 13.1 Å². The Bertz CT molecular complexity index is 271. The molecule has 13 heavy (non-hydrogen) atoms. The van der Waals surface area contributed by atoms with Gasteiger partial charge in [0, 0.05) is 6.54 Å². The number of hydrogen-bond donors (Lipinski definition) is 1. The molecule has 1 N–H and O–H groups in total. The second-order valence-electron chi connectivity index (χ2n) is 3.22. The van der Waals surface area contributed by atoms with E-state index in [1.165, 1.54) is 11.1 Å². The number of benzene rings is 1. The van der Waals surface area contributed by atoms with Crippen molar-refractivity contribution in [2.45, 2.75) is 13.8 Å². The third kappa shape index (κ3) is 3.07. The van der Waals surface area contributed by atoms with Gasteiger partial charge >= 0.3 is 0 Å². The number of aryl methyl sites for hydroxylation is 2. The summed E-state index contributed by atoms with van der Waals surface area (Å²) < 4.78 is 5.57. The molecule has 0 aromatic heterocycles. The van der Waals surface area contributed by atoms with Crippen LogP contribution in [0.15, 0.2) is 18.2 Å². The number of hydrogen-bond acceptors (Lipinski definition) is 2. The molecule has 1 aromatic carbocycles. The topological polar surface area (TPSA) is 21.3 Å². The first-order valence-electron chi connectivity index (χ1n) is 4.58. The fourth-order valence-corrected chi connectivity index (χ4v) is 1.22. The second kappa shape index (κ2) is 4.87. The Balaban J connectivity index is 2.56. The monoisotopic (exact) mass is 179 g/mol. The molecule has 2 nitrogen and oxygen atoms in total. The molecule has 0 amide bonds. The van der Waals surface area contributed by atoms with E-state index < -0.39 is 0 Å². The second-order valence-corrected chi connectivity index (χ2v) is 3.22. The van der Waals surface area contributed by atoms with E-state index in [9.17, 15) is 0 Å². The van der Waals surface area contributed by atoms with Crippen molar-refractivity contribution in [2.24, 2.45) is 0 Å². The van der Waals surface area contributed by atoms with E-state index in [4.69, 9.17) is 4.74 Å². The zero-order chi connectivity index (χ0) is 9.68. The fraction of sp³-hybridized carbons (Fsp3) is 0.455. The molecular formula is C11H17NO. The standard InChI is InChI=1S/C11H17NO/c1-9-4-5-11(10(2)8-9)13-7-6-12-3/h4-5,8,12H,6-7H2,1-3H3. The molecule has 0 aliphatic carbocycles. The van der Waals surface area contributed by atoms with Crippen molar-refractivity contribution in [3.8, 4) is 5.75 Å². The average Bonchev–Trinajstić information content (AvgIpc) is 2.09. The molecule has 1 aromatic rings. The highest BCUT2D eigenvalue weighted by atomic mass is 16.5. The van der Waals surface area contributed by atoms with Gasteiger partial charge in [0.1, 0.15) is 12.4 Å². The molecule has 0 bridgehead atoms. The van der Waals surface area contributed by atoms with E-state index in [0.29, 0.717) is 0 Å². The smallest absolute Gasteiger partial charge is 0.122 e. The van der Waals surface area contributed by atoms with E-state index in [2.05, 4.69) is 31.3 Å². The number of nitrogens with one attached hydrogen (secondary N) is 1. The van der Waals surface area contributed by atoms with Crippen LogP contribution in [-0.4, -0.2) is 20.2 Å². The summed E-state index contributed by atoms with van der Waals surface area (Å²) in [5.74, 6) is 0.987. The third-order valence-corrected chi connectivity index (χ3v) is 1.94. The number of ether oxygens (including phenoxy) is 1.